The number of sulfone groups is 1. The Kier molecular flexibility index (Phi) is 4.85. The van der Waals surface area contributed by atoms with Crippen LogP contribution in [-0.4, -0.2) is 54.9 Å². The first kappa shape index (κ1) is 16.5. The number of amides is 1. The molecule has 1 heterocycles. The van der Waals surface area contributed by atoms with E-state index in [0.717, 1.165) is 5.56 Å². The highest BCUT2D eigenvalue weighted by Gasteiger charge is 2.32. The third-order valence-corrected chi connectivity index (χ3v) is 5.73. The molecule has 1 saturated heterocycles. The van der Waals surface area contributed by atoms with Crippen LogP contribution in [0.4, 0.5) is 0 Å². The molecule has 2 rings (SSSR count). The molecule has 1 atom stereocenters. The van der Waals surface area contributed by atoms with E-state index in [4.69, 9.17) is 5.11 Å². The van der Waals surface area contributed by atoms with E-state index in [-0.39, 0.29) is 35.4 Å². The molecule has 6 nitrogen and oxygen atoms in total. The Labute approximate surface area is 129 Å². The quantitative estimate of drug-likeness (QED) is 0.870. The molecule has 1 aliphatic rings. The first-order chi connectivity index (χ1) is 10.3. The van der Waals surface area contributed by atoms with Crippen molar-refractivity contribution in [3.05, 3.63) is 35.4 Å². The summed E-state index contributed by atoms with van der Waals surface area (Å²) in [6.07, 6.45) is 1.28. The molecule has 0 radical (unpaired) electrons. The van der Waals surface area contributed by atoms with Crippen LogP contribution in [0.2, 0.25) is 0 Å². The number of carbonyl (C=O) groups is 2. The molecular formula is C15H19NO5S. The Morgan fingerprint density at radius 1 is 1.27 bits per heavy atom. The fraction of sp³-hybridized carbons (Fsp3) is 0.467. The molecule has 1 amide bonds. The number of nitrogens with zero attached hydrogens (tertiary/aromatic N) is 1. The van der Waals surface area contributed by atoms with Gasteiger partial charge < -0.3 is 10.0 Å². The van der Waals surface area contributed by atoms with Crippen molar-refractivity contribution in [1.82, 2.24) is 4.90 Å². The lowest BCUT2D eigenvalue weighted by Gasteiger charge is -2.23. The van der Waals surface area contributed by atoms with Gasteiger partial charge in [0.15, 0.2) is 9.84 Å². The number of carboxylic acids is 1. The van der Waals surface area contributed by atoms with E-state index in [9.17, 15) is 18.0 Å². The molecule has 1 fully saturated rings. The Balaban J connectivity index is 1.88. The minimum Gasteiger partial charge on any atom is -0.478 e. The molecule has 1 aliphatic heterocycles. The van der Waals surface area contributed by atoms with Gasteiger partial charge in [-0.3, -0.25) is 4.79 Å². The van der Waals surface area contributed by atoms with Gasteiger partial charge in [0.1, 0.15) is 0 Å². The summed E-state index contributed by atoms with van der Waals surface area (Å²) in [4.78, 5) is 24.4. The normalized spacial score (nSPS) is 19.8. The highest BCUT2D eigenvalue weighted by atomic mass is 32.2. The molecule has 1 aromatic carbocycles. The number of aryl methyl sites for hydroxylation is 1. The number of aromatic carboxylic acids is 1. The average molecular weight is 325 g/mol. The van der Waals surface area contributed by atoms with Crippen molar-refractivity contribution < 1.29 is 23.1 Å². The largest absolute Gasteiger partial charge is 0.478 e. The van der Waals surface area contributed by atoms with Gasteiger partial charge in [-0.05, 0) is 30.5 Å². The number of benzene rings is 1. The van der Waals surface area contributed by atoms with E-state index in [0.29, 0.717) is 12.8 Å². The second-order valence-electron chi connectivity index (χ2n) is 5.56. The Morgan fingerprint density at radius 2 is 1.91 bits per heavy atom. The van der Waals surface area contributed by atoms with E-state index in [2.05, 4.69) is 0 Å². The topological polar surface area (TPSA) is 91.8 Å². The summed E-state index contributed by atoms with van der Waals surface area (Å²) in [6.45, 7) is 0. The molecule has 22 heavy (non-hydrogen) atoms. The predicted molar refractivity (Wildman–Crippen MR) is 81.6 cm³/mol. The van der Waals surface area contributed by atoms with Gasteiger partial charge in [-0.1, -0.05) is 12.1 Å². The Morgan fingerprint density at radius 3 is 2.41 bits per heavy atom. The van der Waals surface area contributed by atoms with E-state index < -0.39 is 15.8 Å². The van der Waals surface area contributed by atoms with Gasteiger partial charge in [0.2, 0.25) is 5.91 Å². The zero-order chi connectivity index (χ0) is 16.3. The molecule has 0 aromatic heterocycles. The Bertz CT molecular complexity index is 666. The van der Waals surface area contributed by atoms with Gasteiger partial charge in [0, 0.05) is 19.5 Å². The maximum Gasteiger partial charge on any atom is 0.335 e. The average Bonchev–Trinajstić information content (AvgIpc) is 2.84. The number of hydrogen-bond acceptors (Lipinski definition) is 4. The van der Waals surface area contributed by atoms with Crippen molar-refractivity contribution in [3.63, 3.8) is 0 Å². The van der Waals surface area contributed by atoms with Crippen LogP contribution in [-0.2, 0) is 21.1 Å². The maximum absolute atomic E-state index is 12.1. The van der Waals surface area contributed by atoms with Crippen LogP contribution >= 0.6 is 0 Å². The predicted octanol–water partition coefficient (Wildman–Crippen LogP) is 0.963. The summed E-state index contributed by atoms with van der Waals surface area (Å²) in [5, 5.41) is 8.82. The van der Waals surface area contributed by atoms with Crippen molar-refractivity contribution in [1.29, 1.82) is 0 Å². The van der Waals surface area contributed by atoms with Gasteiger partial charge in [-0.15, -0.1) is 0 Å². The molecule has 7 heteroatoms. The van der Waals surface area contributed by atoms with Crippen LogP contribution in [0.1, 0.15) is 28.8 Å². The first-order valence-corrected chi connectivity index (χ1v) is 8.89. The monoisotopic (exact) mass is 325 g/mol. The van der Waals surface area contributed by atoms with Crippen molar-refractivity contribution in [2.24, 2.45) is 0 Å². The van der Waals surface area contributed by atoms with Gasteiger partial charge in [0.05, 0.1) is 17.1 Å². The fourth-order valence-corrected chi connectivity index (χ4v) is 4.30. The van der Waals surface area contributed by atoms with Crippen molar-refractivity contribution >= 4 is 21.7 Å². The third-order valence-electron chi connectivity index (χ3n) is 3.98. The zero-order valence-electron chi connectivity index (χ0n) is 12.4. The van der Waals surface area contributed by atoms with E-state index >= 15 is 0 Å². The lowest BCUT2D eigenvalue weighted by atomic mass is 10.1. The summed E-state index contributed by atoms with van der Waals surface area (Å²) in [7, 11) is -1.36. The SMILES string of the molecule is CN(C(=O)CCc1ccc(C(=O)O)cc1)[C@H]1CCS(=O)(=O)C1. The van der Waals surface area contributed by atoms with E-state index in [1.54, 1.807) is 19.2 Å². The standard InChI is InChI=1S/C15H19NO5S/c1-16(13-8-9-22(20,21)10-13)14(17)7-4-11-2-5-12(6-3-11)15(18)19/h2-3,5-6,13H,4,7-10H2,1H3,(H,18,19)/t13-/m0/s1. The molecule has 0 unspecified atom stereocenters. The zero-order valence-corrected chi connectivity index (χ0v) is 13.2. The maximum atomic E-state index is 12.1. The highest BCUT2D eigenvalue weighted by molar-refractivity contribution is 7.91. The molecule has 0 bridgehead atoms. The van der Waals surface area contributed by atoms with Gasteiger partial charge >= 0.3 is 5.97 Å². The molecular weight excluding hydrogens is 306 g/mol. The summed E-state index contributed by atoms with van der Waals surface area (Å²) in [5.74, 6) is -0.886. The van der Waals surface area contributed by atoms with Crippen LogP contribution < -0.4 is 0 Å². The lowest BCUT2D eigenvalue weighted by Crippen LogP contribution is -2.37. The van der Waals surface area contributed by atoms with Gasteiger partial charge in [0.25, 0.3) is 0 Å². The Hall–Kier alpha value is -1.89. The summed E-state index contributed by atoms with van der Waals surface area (Å²) >= 11 is 0. The second kappa shape index (κ2) is 6.48. The van der Waals surface area contributed by atoms with Crippen LogP contribution in [0, 0.1) is 0 Å². The molecule has 1 N–H and O–H groups in total. The van der Waals surface area contributed by atoms with Crippen LogP contribution in [0.5, 0.6) is 0 Å². The van der Waals surface area contributed by atoms with E-state index in [1.165, 1.54) is 17.0 Å². The number of rotatable bonds is 5. The van der Waals surface area contributed by atoms with Gasteiger partial charge in [-0.25, -0.2) is 13.2 Å². The number of hydrogen-bond donors (Lipinski definition) is 1. The lowest BCUT2D eigenvalue weighted by molar-refractivity contribution is -0.131. The third kappa shape index (κ3) is 4.07. The van der Waals surface area contributed by atoms with Crippen molar-refractivity contribution in [2.45, 2.75) is 25.3 Å². The van der Waals surface area contributed by atoms with Gasteiger partial charge in [-0.2, -0.15) is 0 Å². The van der Waals surface area contributed by atoms with Crippen molar-refractivity contribution in [3.8, 4) is 0 Å². The summed E-state index contributed by atoms with van der Waals surface area (Å²) in [5.41, 5.74) is 1.09. The highest BCUT2D eigenvalue weighted by Crippen LogP contribution is 2.17. The molecule has 0 aliphatic carbocycles. The number of carboxylic acid groups (broad SMARTS) is 1. The summed E-state index contributed by atoms with van der Waals surface area (Å²) in [6, 6.07) is 6.17. The summed E-state index contributed by atoms with van der Waals surface area (Å²) < 4.78 is 22.9. The van der Waals surface area contributed by atoms with E-state index in [1.807, 2.05) is 0 Å². The molecule has 1 aromatic rings. The number of carbonyl (C=O) groups excluding carboxylic acids is 1. The molecule has 120 valence electrons. The molecule has 0 spiro atoms. The van der Waals surface area contributed by atoms with Crippen LogP contribution in [0.3, 0.4) is 0 Å². The second-order valence-corrected chi connectivity index (χ2v) is 7.79. The minimum absolute atomic E-state index is 0.0442. The van der Waals surface area contributed by atoms with Crippen molar-refractivity contribution in [2.75, 3.05) is 18.6 Å². The van der Waals surface area contributed by atoms with Crippen LogP contribution in [0.25, 0.3) is 0 Å². The fourth-order valence-electron chi connectivity index (χ4n) is 2.53. The molecule has 0 saturated carbocycles. The minimum atomic E-state index is -3.00. The first-order valence-electron chi connectivity index (χ1n) is 7.07. The smallest absolute Gasteiger partial charge is 0.335 e. The van der Waals surface area contributed by atoms with Crippen LogP contribution in [0.15, 0.2) is 24.3 Å².